The fraction of sp³-hybridized carbons (Fsp3) is 0.438. The molecular formula is C16H21BrN2O6. The molecule has 0 bridgehead atoms. The Bertz CT molecular complexity index is 650. The standard InChI is InChI=1S/C16H21BrN2O6/c1-4-23-12-6-10(11(17)8-13(12)24-5-2)7-14(20)25-9(3)15(21)19-16(18)22/h6,8-9H,4-5,7H2,1-3H3,(H3,18,19,21,22)/t9-/m0/s1. The normalized spacial score (nSPS) is 11.4. The molecule has 0 aliphatic rings. The lowest BCUT2D eigenvalue weighted by Gasteiger charge is -2.15. The molecule has 0 radical (unpaired) electrons. The number of rotatable bonds is 8. The molecule has 0 spiro atoms. The van der Waals surface area contributed by atoms with Crippen molar-refractivity contribution < 1.29 is 28.6 Å². The maximum Gasteiger partial charge on any atom is 0.318 e. The van der Waals surface area contributed by atoms with Crippen LogP contribution in [0, 0.1) is 0 Å². The average molecular weight is 417 g/mol. The number of amides is 3. The van der Waals surface area contributed by atoms with Crippen LogP contribution in [0.15, 0.2) is 16.6 Å². The van der Waals surface area contributed by atoms with E-state index in [2.05, 4.69) is 15.9 Å². The van der Waals surface area contributed by atoms with Gasteiger partial charge in [-0.1, -0.05) is 15.9 Å². The van der Waals surface area contributed by atoms with Crippen LogP contribution in [-0.2, 0) is 20.7 Å². The summed E-state index contributed by atoms with van der Waals surface area (Å²) in [6.07, 6.45) is -1.24. The van der Waals surface area contributed by atoms with Gasteiger partial charge in [-0.3, -0.25) is 14.9 Å². The van der Waals surface area contributed by atoms with Gasteiger partial charge in [0, 0.05) is 4.47 Å². The van der Waals surface area contributed by atoms with Crippen molar-refractivity contribution >= 4 is 33.8 Å². The van der Waals surface area contributed by atoms with Gasteiger partial charge >= 0.3 is 12.0 Å². The largest absolute Gasteiger partial charge is 0.490 e. The molecule has 3 N–H and O–H groups in total. The molecule has 9 heteroatoms. The SMILES string of the molecule is CCOc1cc(Br)c(CC(=O)O[C@@H](C)C(=O)NC(N)=O)cc1OCC. The first-order chi connectivity index (χ1) is 11.8. The molecule has 0 aromatic heterocycles. The van der Waals surface area contributed by atoms with E-state index in [1.54, 1.807) is 12.1 Å². The van der Waals surface area contributed by atoms with E-state index in [9.17, 15) is 14.4 Å². The van der Waals surface area contributed by atoms with Gasteiger partial charge in [0.2, 0.25) is 0 Å². The highest BCUT2D eigenvalue weighted by Gasteiger charge is 2.20. The highest BCUT2D eigenvalue weighted by Crippen LogP contribution is 2.34. The maximum atomic E-state index is 12.0. The fourth-order valence-electron chi connectivity index (χ4n) is 1.92. The van der Waals surface area contributed by atoms with Gasteiger partial charge in [0.25, 0.3) is 5.91 Å². The molecule has 0 fully saturated rings. The monoisotopic (exact) mass is 416 g/mol. The van der Waals surface area contributed by atoms with Gasteiger partial charge in [-0.15, -0.1) is 0 Å². The zero-order valence-electron chi connectivity index (χ0n) is 14.3. The Balaban J connectivity index is 2.84. The maximum absolute atomic E-state index is 12.0. The third kappa shape index (κ3) is 6.61. The van der Waals surface area contributed by atoms with Crippen molar-refractivity contribution in [3.8, 4) is 11.5 Å². The van der Waals surface area contributed by atoms with E-state index in [1.165, 1.54) is 6.92 Å². The summed E-state index contributed by atoms with van der Waals surface area (Å²) in [6.45, 7) is 5.95. The molecular weight excluding hydrogens is 396 g/mol. The predicted molar refractivity (Wildman–Crippen MR) is 93.5 cm³/mol. The van der Waals surface area contributed by atoms with E-state index in [4.69, 9.17) is 19.9 Å². The van der Waals surface area contributed by atoms with Crippen LogP contribution < -0.4 is 20.5 Å². The molecule has 8 nitrogen and oxygen atoms in total. The number of benzene rings is 1. The lowest BCUT2D eigenvalue weighted by atomic mass is 10.1. The quantitative estimate of drug-likeness (QED) is 0.625. The van der Waals surface area contributed by atoms with Gasteiger partial charge < -0.3 is 19.9 Å². The molecule has 0 saturated carbocycles. The summed E-state index contributed by atoms with van der Waals surface area (Å²) in [5, 5.41) is 1.85. The molecule has 1 atom stereocenters. The highest BCUT2D eigenvalue weighted by atomic mass is 79.9. The van der Waals surface area contributed by atoms with Gasteiger partial charge in [-0.25, -0.2) is 4.79 Å². The lowest BCUT2D eigenvalue weighted by Crippen LogP contribution is -2.42. The topological polar surface area (TPSA) is 117 Å². The molecule has 1 aromatic carbocycles. The Kier molecular flexibility index (Phi) is 8.20. The number of urea groups is 1. The Morgan fingerprint density at radius 1 is 1.16 bits per heavy atom. The molecule has 0 unspecified atom stereocenters. The first kappa shape index (κ1) is 20.8. The van der Waals surface area contributed by atoms with E-state index < -0.39 is 24.0 Å². The third-order valence-electron chi connectivity index (χ3n) is 2.97. The number of hydrogen-bond donors (Lipinski definition) is 2. The van der Waals surface area contributed by atoms with Crippen molar-refractivity contribution in [2.75, 3.05) is 13.2 Å². The van der Waals surface area contributed by atoms with Crippen molar-refractivity contribution in [3.63, 3.8) is 0 Å². The highest BCUT2D eigenvalue weighted by molar-refractivity contribution is 9.10. The Morgan fingerprint density at radius 3 is 2.24 bits per heavy atom. The summed E-state index contributed by atoms with van der Waals surface area (Å²) >= 11 is 3.38. The summed E-state index contributed by atoms with van der Waals surface area (Å²) < 4.78 is 16.7. The number of halogens is 1. The summed E-state index contributed by atoms with van der Waals surface area (Å²) in [5.74, 6) is -0.363. The smallest absolute Gasteiger partial charge is 0.318 e. The number of carbonyl (C=O) groups excluding carboxylic acids is 3. The number of imide groups is 1. The fourth-order valence-corrected chi connectivity index (χ4v) is 2.38. The number of carbonyl (C=O) groups is 3. The molecule has 1 rings (SSSR count). The number of nitrogens with two attached hydrogens (primary N) is 1. The second-order valence-corrected chi connectivity index (χ2v) is 5.77. The van der Waals surface area contributed by atoms with E-state index in [0.717, 1.165) is 0 Å². The molecule has 25 heavy (non-hydrogen) atoms. The summed E-state index contributed by atoms with van der Waals surface area (Å²) in [7, 11) is 0. The number of ether oxygens (including phenoxy) is 3. The summed E-state index contributed by atoms with van der Waals surface area (Å²) in [6, 6.07) is 2.37. The van der Waals surface area contributed by atoms with Crippen molar-refractivity contribution in [3.05, 3.63) is 22.2 Å². The van der Waals surface area contributed by atoms with Crippen LogP contribution in [0.5, 0.6) is 11.5 Å². The Hall–Kier alpha value is -2.29. The first-order valence-corrected chi connectivity index (χ1v) is 8.45. The van der Waals surface area contributed by atoms with Crippen molar-refractivity contribution in [1.82, 2.24) is 5.32 Å². The van der Waals surface area contributed by atoms with Crippen LogP contribution in [0.4, 0.5) is 4.79 Å². The molecule has 0 heterocycles. The van der Waals surface area contributed by atoms with Crippen molar-refractivity contribution in [2.45, 2.75) is 33.3 Å². The van der Waals surface area contributed by atoms with E-state index >= 15 is 0 Å². The zero-order valence-corrected chi connectivity index (χ0v) is 15.8. The number of esters is 1. The van der Waals surface area contributed by atoms with Crippen LogP contribution in [0.25, 0.3) is 0 Å². The van der Waals surface area contributed by atoms with Gasteiger partial charge in [-0.05, 0) is 38.5 Å². The molecule has 138 valence electrons. The lowest BCUT2D eigenvalue weighted by molar-refractivity contribution is -0.153. The number of primary amides is 1. The minimum Gasteiger partial charge on any atom is -0.490 e. The molecule has 0 aliphatic carbocycles. The van der Waals surface area contributed by atoms with Gasteiger partial charge in [0.1, 0.15) is 0 Å². The Labute approximate surface area is 154 Å². The van der Waals surface area contributed by atoms with Crippen molar-refractivity contribution in [1.29, 1.82) is 0 Å². The Morgan fingerprint density at radius 2 is 1.72 bits per heavy atom. The zero-order chi connectivity index (χ0) is 19.0. The second-order valence-electron chi connectivity index (χ2n) is 4.92. The summed E-state index contributed by atoms with van der Waals surface area (Å²) in [4.78, 5) is 34.2. The minimum absolute atomic E-state index is 0.0960. The molecule has 0 saturated heterocycles. The van der Waals surface area contributed by atoms with E-state index in [1.807, 2.05) is 19.2 Å². The third-order valence-corrected chi connectivity index (χ3v) is 3.71. The van der Waals surface area contributed by atoms with E-state index in [0.29, 0.717) is 34.7 Å². The van der Waals surface area contributed by atoms with Gasteiger partial charge in [-0.2, -0.15) is 0 Å². The van der Waals surface area contributed by atoms with Crippen LogP contribution in [0.1, 0.15) is 26.3 Å². The second kappa shape index (κ2) is 9.87. The minimum atomic E-state index is -1.15. The number of hydrogen-bond acceptors (Lipinski definition) is 6. The van der Waals surface area contributed by atoms with Crippen LogP contribution in [0.3, 0.4) is 0 Å². The van der Waals surface area contributed by atoms with E-state index in [-0.39, 0.29) is 6.42 Å². The summed E-state index contributed by atoms with van der Waals surface area (Å²) in [5.41, 5.74) is 5.46. The molecule has 1 aromatic rings. The van der Waals surface area contributed by atoms with Gasteiger partial charge in [0.05, 0.1) is 19.6 Å². The first-order valence-electron chi connectivity index (χ1n) is 7.66. The number of nitrogens with one attached hydrogen (secondary N) is 1. The van der Waals surface area contributed by atoms with Crippen LogP contribution in [-0.4, -0.2) is 37.2 Å². The molecule has 0 aliphatic heterocycles. The van der Waals surface area contributed by atoms with Crippen LogP contribution in [0.2, 0.25) is 0 Å². The van der Waals surface area contributed by atoms with Crippen molar-refractivity contribution in [2.24, 2.45) is 5.73 Å². The van der Waals surface area contributed by atoms with Crippen LogP contribution >= 0.6 is 15.9 Å². The average Bonchev–Trinajstić information content (AvgIpc) is 2.51. The van der Waals surface area contributed by atoms with Gasteiger partial charge in [0.15, 0.2) is 17.6 Å². The predicted octanol–water partition coefficient (Wildman–Crippen LogP) is 1.92. The molecule has 3 amide bonds.